The lowest BCUT2D eigenvalue weighted by atomic mass is 10.2. The van der Waals surface area contributed by atoms with Crippen LogP contribution in [0.1, 0.15) is 30.1 Å². The van der Waals surface area contributed by atoms with Gasteiger partial charge in [-0.15, -0.1) is 0 Å². The van der Waals surface area contributed by atoms with Gasteiger partial charge < -0.3 is 19.5 Å². The Hall–Kier alpha value is -3.14. The topological polar surface area (TPSA) is 78.4 Å². The van der Waals surface area contributed by atoms with Crippen LogP contribution in [0.5, 0.6) is 11.5 Å². The van der Waals surface area contributed by atoms with E-state index in [4.69, 9.17) is 14.2 Å². The molecule has 7 nitrogen and oxygen atoms in total. The molecule has 1 aromatic carbocycles. The van der Waals surface area contributed by atoms with Crippen molar-refractivity contribution in [2.75, 3.05) is 26.1 Å². The predicted octanol–water partition coefficient (Wildman–Crippen LogP) is 4.53. The molecule has 0 aliphatic heterocycles. The highest BCUT2D eigenvalue weighted by Crippen LogP contribution is 2.44. The molecule has 0 radical (unpaired) electrons. The van der Waals surface area contributed by atoms with E-state index in [0.717, 1.165) is 18.9 Å². The summed E-state index contributed by atoms with van der Waals surface area (Å²) in [5, 5.41) is 3.75. The van der Waals surface area contributed by atoms with Gasteiger partial charge >= 0.3 is 6.18 Å². The standard InChI is InChI=1S/C22H23F3N4O3/c1-13-27-16-10-17(31-3)18(32-21(7-8-21)12-30-2)9-15(16)20(28-13)26-11-14-5-4-6-19(29-14)22(23,24)25/h4-6,9-10H,7-8,11-12H2,1-3H3,(H,26,27,28). The van der Waals surface area contributed by atoms with Crippen molar-refractivity contribution in [1.82, 2.24) is 15.0 Å². The van der Waals surface area contributed by atoms with E-state index in [1.807, 2.05) is 0 Å². The van der Waals surface area contributed by atoms with Gasteiger partial charge in [-0.2, -0.15) is 13.2 Å². The third kappa shape index (κ3) is 4.69. The van der Waals surface area contributed by atoms with Crippen LogP contribution in [0.4, 0.5) is 19.0 Å². The molecule has 170 valence electrons. The van der Waals surface area contributed by atoms with Gasteiger partial charge in [0.15, 0.2) is 11.5 Å². The molecule has 1 saturated carbocycles. The summed E-state index contributed by atoms with van der Waals surface area (Å²) < 4.78 is 55.9. The molecule has 0 saturated heterocycles. The first-order chi connectivity index (χ1) is 15.2. The Morgan fingerprint density at radius 2 is 1.84 bits per heavy atom. The van der Waals surface area contributed by atoms with Gasteiger partial charge in [0.05, 0.1) is 31.5 Å². The van der Waals surface area contributed by atoms with E-state index < -0.39 is 11.9 Å². The third-order valence-corrected chi connectivity index (χ3v) is 5.17. The van der Waals surface area contributed by atoms with Crippen LogP contribution in [0.3, 0.4) is 0 Å². The Balaban J connectivity index is 1.66. The van der Waals surface area contributed by atoms with Gasteiger partial charge in [0.1, 0.15) is 22.9 Å². The molecule has 0 spiro atoms. The minimum absolute atomic E-state index is 0.0608. The number of benzene rings is 1. The van der Waals surface area contributed by atoms with Gasteiger partial charge in [0.25, 0.3) is 0 Å². The van der Waals surface area contributed by atoms with E-state index in [-0.39, 0.29) is 17.8 Å². The molecule has 32 heavy (non-hydrogen) atoms. The van der Waals surface area contributed by atoms with Crippen molar-refractivity contribution in [1.29, 1.82) is 0 Å². The first-order valence-electron chi connectivity index (χ1n) is 10.0. The van der Waals surface area contributed by atoms with E-state index in [1.165, 1.54) is 12.1 Å². The Labute approximate surface area is 182 Å². The maximum Gasteiger partial charge on any atom is 0.433 e. The molecule has 0 atom stereocenters. The van der Waals surface area contributed by atoms with Crippen molar-refractivity contribution in [3.8, 4) is 11.5 Å². The Kier molecular flexibility index (Phi) is 5.81. The van der Waals surface area contributed by atoms with E-state index in [1.54, 1.807) is 33.3 Å². The highest BCUT2D eigenvalue weighted by molar-refractivity contribution is 5.91. The summed E-state index contributed by atoms with van der Waals surface area (Å²) in [6, 6.07) is 7.34. The van der Waals surface area contributed by atoms with E-state index >= 15 is 0 Å². The number of aryl methyl sites for hydroxylation is 1. The number of halogens is 3. The molecule has 3 aromatic rings. The Bertz CT molecular complexity index is 1130. The summed E-state index contributed by atoms with van der Waals surface area (Å²) in [5.74, 6) is 2.03. The number of alkyl halides is 3. The van der Waals surface area contributed by atoms with E-state index in [0.29, 0.717) is 40.7 Å². The van der Waals surface area contributed by atoms with Crippen LogP contribution in [0.15, 0.2) is 30.3 Å². The first kappa shape index (κ1) is 22.1. The van der Waals surface area contributed by atoms with Crippen molar-refractivity contribution in [3.05, 3.63) is 47.5 Å². The molecule has 2 aromatic heterocycles. The number of nitrogens with zero attached hydrogens (tertiary/aromatic N) is 3. The number of nitrogens with one attached hydrogen (secondary N) is 1. The molecular formula is C22H23F3N4O3. The number of pyridine rings is 1. The molecular weight excluding hydrogens is 425 g/mol. The van der Waals surface area contributed by atoms with Crippen LogP contribution in [0.25, 0.3) is 10.9 Å². The number of rotatable bonds is 8. The van der Waals surface area contributed by atoms with Gasteiger partial charge in [-0.05, 0) is 38.0 Å². The van der Waals surface area contributed by atoms with Crippen LogP contribution >= 0.6 is 0 Å². The summed E-state index contributed by atoms with van der Waals surface area (Å²) >= 11 is 0. The van der Waals surface area contributed by atoms with Crippen molar-refractivity contribution < 1.29 is 27.4 Å². The molecule has 10 heteroatoms. The second kappa shape index (κ2) is 8.42. The van der Waals surface area contributed by atoms with Crippen LogP contribution < -0.4 is 14.8 Å². The van der Waals surface area contributed by atoms with Gasteiger partial charge in [0, 0.05) is 18.6 Å². The quantitative estimate of drug-likeness (QED) is 0.542. The zero-order valence-corrected chi connectivity index (χ0v) is 17.9. The number of aromatic nitrogens is 3. The fourth-order valence-corrected chi connectivity index (χ4v) is 3.45. The van der Waals surface area contributed by atoms with Crippen molar-refractivity contribution in [2.24, 2.45) is 0 Å². The molecule has 2 heterocycles. The molecule has 1 fully saturated rings. The smallest absolute Gasteiger partial charge is 0.433 e. The molecule has 1 aliphatic rings. The largest absolute Gasteiger partial charge is 0.493 e. The van der Waals surface area contributed by atoms with Crippen LogP contribution in [0.2, 0.25) is 0 Å². The SMILES string of the molecule is COCC1(Oc2cc3c(NCc4cccc(C(F)(F)F)n4)nc(C)nc3cc2OC)CC1. The zero-order valence-electron chi connectivity index (χ0n) is 17.9. The number of hydrogen-bond donors (Lipinski definition) is 1. The zero-order chi connectivity index (χ0) is 22.9. The average molecular weight is 448 g/mol. The van der Waals surface area contributed by atoms with Crippen LogP contribution in [0, 0.1) is 6.92 Å². The number of anilines is 1. The lowest BCUT2D eigenvalue weighted by Crippen LogP contribution is -2.24. The van der Waals surface area contributed by atoms with E-state index in [9.17, 15) is 13.2 Å². The summed E-state index contributed by atoms with van der Waals surface area (Å²) in [6.07, 6.45) is -2.75. The van der Waals surface area contributed by atoms with Crippen LogP contribution in [-0.4, -0.2) is 41.4 Å². The summed E-state index contributed by atoms with van der Waals surface area (Å²) in [6.45, 7) is 2.26. The Morgan fingerprint density at radius 3 is 2.50 bits per heavy atom. The van der Waals surface area contributed by atoms with Crippen molar-refractivity contribution in [3.63, 3.8) is 0 Å². The van der Waals surface area contributed by atoms with Gasteiger partial charge in [0.2, 0.25) is 0 Å². The highest BCUT2D eigenvalue weighted by Gasteiger charge is 2.46. The molecule has 0 unspecified atom stereocenters. The number of fused-ring (bicyclic) bond motifs is 1. The normalized spacial score (nSPS) is 14.9. The number of methoxy groups -OCH3 is 2. The number of ether oxygens (including phenoxy) is 3. The molecule has 1 aliphatic carbocycles. The Morgan fingerprint density at radius 1 is 1.06 bits per heavy atom. The monoisotopic (exact) mass is 448 g/mol. The van der Waals surface area contributed by atoms with Gasteiger partial charge in [-0.3, -0.25) is 0 Å². The maximum absolute atomic E-state index is 13.0. The summed E-state index contributed by atoms with van der Waals surface area (Å²) in [5.41, 5.74) is -0.450. The molecule has 1 N–H and O–H groups in total. The summed E-state index contributed by atoms with van der Waals surface area (Å²) in [7, 11) is 3.18. The van der Waals surface area contributed by atoms with Crippen molar-refractivity contribution >= 4 is 16.7 Å². The van der Waals surface area contributed by atoms with Crippen LogP contribution in [-0.2, 0) is 17.5 Å². The van der Waals surface area contributed by atoms with E-state index in [2.05, 4.69) is 20.3 Å². The fourth-order valence-electron chi connectivity index (χ4n) is 3.45. The second-order valence-corrected chi connectivity index (χ2v) is 7.72. The van der Waals surface area contributed by atoms with Gasteiger partial charge in [-0.25, -0.2) is 15.0 Å². The molecule has 0 amide bonds. The van der Waals surface area contributed by atoms with Gasteiger partial charge in [-0.1, -0.05) is 6.07 Å². The maximum atomic E-state index is 13.0. The third-order valence-electron chi connectivity index (χ3n) is 5.17. The number of hydrogen-bond acceptors (Lipinski definition) is 7. The highest BCUT2D eigenvalue weighted by atomic mass is 19.4. The average Bonchev–Trinajstić information content (AvgIpc) is 3.50. The minimum atomic E-state index is -4.50. The predicted molar refractivity (Wildman–Crippen MR) is 112 cm³/mol. The fraction of sp³-hybridized carbons (Fsp3) is 0.409. The molecule has 4 rings (SSSR count). The first-order valence-corrected chi connectivity index (χ1v) is 10.0. The second-order valence-electron chi connectivity index (χ2n) is 7.72. The lowest BCUT2D eigenvalue weighted by molar-refractivity contribution is -0.141. The van der Waals surface area contributed by atoms with Crippen molar-refractivity contribution in [2.45, 2.75) is 38.1 Å². The summed E-state index contributed by atoms with van der Waals surface area (Å²) in [4.78, 5) is 12.6. The lowest BCUT2D eigenvalue weighted by Gasteiger charge is -2.20. The molecule has 0 bridgehead atoms. The minimum Gasteiger partial charge on any atom is -0.493 e.